The van der Waals surface area contributed by atoms with E-state index in [1.54, 1.807) is 18.2 Å². The molecule has 0 N–H and O–H groups in total. The molecule has 1 radical (unpaired) electrons. The summed E-state index contributed by atoms with van der Waals surface area (Å²) in [5.74, 6) is 0.643. The van der Waals surface area contributed by atoms with Crippen LogP contribution in [0.15, 0.2) is 36.5 Å². The first-order valence-electron chi connectivity index (χ1n) is 6.58. The zero-order chi connectivity index (χ0) is 16.3. The number of nitrogens with zero attached hydrogens (tertiary/aromatic N) is 1. The summed E-state index contributed by atoms with van der Waals surface area (Å²) in [5, 5.41) is -0.189. The minimum atomic E-state index is -4.49. The van der Waals surface area contributed by atoms with Gasteiger partial charge in [-0.3, -0.25) is 0 Å². The van der Waals surface area contributed by atoms with E-state index in [1.807, 2.05) is 13.0 Å². The van der Waals surface area contributed by atoms with E-state index < -0.39 is 11.7 Å². The number of halogens is 4. The normalized spacial score (nSPS) is 11.8. The molecule has 0 aliphatic heterocycles. The quantitative estimate of drug-likeness (QED) is 0.733. The van der Waals surface area contributed by atoms with Gasteiger partial charge in [0.2, 0.25) is 5.88 Å². The summed E-state index contributed by atoms with van der Waals surface area (Å²) in [5.41, 5.74) is 0.104. The smallest absolute Gasteiger partial charge is 0.417 e. The third-order valence-corrected chi connectivity index (χ3v) is 3.10. The fourth-order valence-electron chi connectivity index (χ4n) is 1.91. The van der Waals surface area contributed by atoms with E-state index in [-0.39, 0.29) is 16.8 Å². The summed E-state index contributed by atoms with van der Waals surface area (Å²) in [6, 6.07) is 8.00. The third-order valence-electron chi connectivity index (χ3n) is 2.83. The first kappa shape index (κ1) is 16.6. The fraction of sp³-hybridized carbons (Fsp3) is 0.250. The van der Waals surface area contributed by atoms with Crippen molar-refractivity contribution in [2.45, 2.75) is 19.5 Å². The van der Waals surface area contributed by atoms with Gasteiger partial charge in [0.15, 0.2) is 0 Å². The Bertz CT molecular complexity index is 656. The Labute approximate surface area is 131 Å². The van der Waals surface area contributed by atoms with Crippen LogP contribution in [0, 0.1) is 12.8 Å². The number of ether oxygens (including phenoxy) is 1. The van der Waals surface area contributed by atoms with Gasteiger partial charge in [0.1, 0.15) is 10.8 Å². The molecule has 1 heterocycles. The van der Waals surface area contributed by atoms with Crippen molar-refractivity contribution in [3.63, 3.8) is 0 Å². The number of hydrogen-bond acceptors (Lipinski definition) is 2. The highest BCUT2D eigenvalue weighted by Gasteiger charge is 2.31. The molecule has 0 aliphatic carbocycles. The molecule has 1 unspecified atom stereocenters. The number of benzene rings is 1. The average molecular weight is 329 g/mol. The van der Waals surface area contributed by atoms with Crippen molar-refractivity contribution in [2.75, 3.05) is 0 Å². The summed E-state index contributed by atoms with van der Waals surface area (Å²) >= 11 is 5.81. The fourth-order valence-corrected chi connectivity index (χ4v) is 2.11. The van der Waals surface area contributed by atoms with Gasteiger partial charge in [0.25, 0.3) is 0 Å². The number of rotatable bonds is 4. The molecule has 0 aliphatic rings. The first-order chi connectivity index (χ1) is 10.3. The molecular formula is C16H14ClF3NO. The summed E-state index contributed by atoms with van der Waals surface area (Å²) < 4.78 is 43.1. The monoisotopic (exact) mass is 328 g/mol. The van der Waals surface area contributed by atoms with Gasteiger partial charge in [-0.25, -0.2) is 4.98 Å². The van der Waals surface area contributed by atoms with E-state index in [1.165, 1.54) is 0 Å². The Balaban J connectivity index is 2.21. The Morgan fingerprint density at radius 2 is 2.05 bits per heavy atom. The molecule has 2 nitrogen and oxygen atoms in total. The highest BCUT2D eigenvalue weighted by molar-refractivity contribution is 6.31. The number of aromatic nitrogens is 1. The number of alkyl halides is 3. The summed E-state index contributed by atoms with van der Waals surface area (Å²) in [6.45, 7) is 5.90. The molecule has 22 heavy (non-hydrogen) atoms. The van der Waals surface area contributed by atoms with Crippen molar-refractivity contribution >= 4 is 11.6 Å². The van der Waals surface area contributed by atoms with Crippen molar-refractivity contribution in [1.29, 1.82) is 0 Å². The predicted octanol–water partition coefficient (Wildman–Crippen LogP) is 5.56. The molecule has 0 spiro atoms. The maximum atomic E-state index is 12.6. The van der Waals surface area contributed by atoms with E-state index in [2.05, 4.69) is 11.9 Å². The van der Waals surface area contributed by atoms with Gasteiger partial charge in [-0.05, 0) is 36.1 Å². The van der Waals surface area contributed by atoms with Crippen LogP contribution in [0.4, 0.5) is 13.2 Å². The van der Waals surface area contributed by atoms with Gasteiger partial charge >= 0.3 is 6.18 Å². The van der Waals surface area contributed by atoms with Gasteiger partial charge in [-0.2, -0.15) is 13.2 Å². The molecule has 2 rings (SSSR count). The molecule has 0 amide bonds. The molecule has 1 aromatic heterocycles. The first-order valence-corrected chi connectivity index (χ1v) is 6.96. The minimum absolute atomic E-state index is 0.0607. The lowest BCUT2D eigenvalue weighted by atomic mass is 10.0. The van der Waals surface area contributed by atoms with Crippen LogP contribution in [-0.2, 0) is 12.6 Å². The number of pyridine rings is 1. The highest BCUT2D eigenvalue weighted by Crippen LogP contribution is 2.34. The highest BCUT2D eigenvalue weighted by atomic mass is 35.5. The van der Waals surface area contributed by atoms with Crippen LogP contribution in [0.5, 0.6) is 11.6 Å². The molecule has 2 aromatic rings. The van der Waals surface area contributed by atoms with Crippen LogP contribution in [0.3, 0.4) is 0 Å². The number of hydrogen-bond donors (Lipinski definition) is 0. The van der Waals surface area contributed by atoms with E-state index in [0.717, 1.165) is 18.1 Å². The van der Waals surface area contributed by atoms with Crippen LogP contribution in [-0.4, -0.2) is 4.98 Å². The topological polar surface area (TPSA) is 22.1 Å². The predicted molar refractivity (Wildman–Crippen MR) is 79.0 cm³/mol. The minimum Gasteiger partial charge on any atom is -0.438 e. The Morgan fingerprint density at radius 3 is 2.64 bits per heavy atom. The zero-order valence-corrected chi connectivity index (χ0v) is 12.6. The summed E-state index contributed by atoms with van der Waals surface area (Å²) in [7, 11) is 0. The summed E-state index contributed by atoms with van der Waals surface area (Å²) in [6.07, 6.45) is -3.02. The van der Waals surface area contributed by atoms with Crippen molar-refractivity contribution in [2.24, 2.45) is 5.92 Å². The molecule has 0 saturated heterocycles. The lowest BCUT2D eigenvalue weighted by molar-refractivity contribution is -0.137. The van der Waals surface area contributed by atoms with Crippen LogP contribution in [0.2, 0.25) is 5.02 Å². The van der Waals surface area contributed by atoms with E-state index in [0.29, 0.717) is 11.9 Å². The average Bonchev–Trinajstić information content (AvgIpc) is 2.39. The molecule has 117 valence electrons. The van der Waals surface area contributed by atoms with Gasteiger partial charge in [0, 0.05) is 6.20 Å². The summed E-state index contributed by atoms with van der Waals surface area (Å²) in [4.78, 5) is 3.64. The van der Waals surface area contributed by atoms with Gasteiger partial charge in [-0.15, -0.1) is 0 Å². The maximum Gasteiger partial charge on any atom is 0.417 e. The van der Waals surface area contributed by atoms with Gasteiger partial charge in [0.05, 0.1) is 5.56 Å². The van der Waals surface area contributed by atoms with Crippen LogP contribution >= 0.6 is 11.6 Å². The lowest BCUT2D eigenvalue weighted by Gasteiger charge is -2.11. The maximum absolute atomic E-state index is 12.6. The molecule has 0 fully saturated rings. The zero-order valence-electron chi connectivity index (χ0n) is 11.8. The Morgan fingerprint density at radius 1 is 1.32 bits per heavy atom. The Kier molecular flexibility index (Phi) is 4.96. The lowest BCUT2D eigenvalue weighted by Crippen LogP contribution is -2.05. The van der Waals surface area contributed by atoms with Crippen LogP contribution < -0.4 is 4.74 Å². The van der Waals surface area contributed by atoms with E-state index >= 15 is 0 Å². The molecule has 0 bridgehead atoms. The van der Waals surface area contributed by atoms with Crippen LogP contribution in [0.25, 0.3) is 0 Å². The van der Waals surface area contributed by atoms with E-state index in [4.69, 9.17) is 16.3 Å². The molecular weight excluding hydrogens is 315 g/mol. The molecule has 1 atom stereocenters. The SMILES string of the molecule is [CH2]C(C)Cc1cccc(Oc2ncc(C(F)(F)F)cc2Cl)c1. The second kappa shape index (κ2) is 6.57. The Hall–Kier alpha value is -1.75. The second-order valence-corrected chi connectivity index (χ2v) is 5.47. The van der Waals surface area contributed by atoms with Crippen LogP contribution in [0.1, 0.15) is 18.1 Å². The molecule has 6 heteroatoms. The molecule has 1 aromatic carbocycles. The second-order valence-electron chi connectivity index (χ2n) is 5.07. The van der Waals surface area contributed by atoms with Crippen molar-refractivity contribution in [1.82, 2.24) is 4.98 Å². The van der Waals surface area contributed by atoms with Crippen molar-refractivity contribution in [3.05, 3.63) is 59.6 Å². The largest absolute Gasteiger partial charge is 0.438 e. The van der Waals surface area contributed by atoms with E-state index in [9.17, 15) is 13.2 Å². The van der Waals surface area contributed by atoms with Crippen molar-refractivity contribution < 1.29 is 17.9 Å². The van der Waals surface area contributed by atoms with Crippen molar-refractivity contribution in [3.8, 4) is 11.6 Å². The third kappa shape index (κ3) is 4.37. The standard InChI is InChI=1S/C16H14ClF3NO/c1-10(2)6-11-4-3-5-13(7-11)22-15-14(17)8-12(9-21-15)16(18,19)20/h3-5,7-10H,1,6H2,2H3. The van der Waals surface area contributed by atoms with Gasteiger partial charge < -0.3 is 4.74 Å². The van der Waals surface area contributed by atoms with Gasteiger partial charge in [-0.1, -0.05) is 37.6 Å². The molecule has 0 saturated carbocycles.